The summed E-state index contributed by atoms with van der Waals surface area (Å²) in [4.78, 5) is 11.1. The number of methoxy groups -OCH3 is 1. The number of esters is 1. The van der Waals surface area contributed by atoms with Crippen LogP contribution in [0.3, 0.4) is 0 Å². The molecule has 0 amide bonds. The number of nitrogens with two attached hydrogens (primary N) is 1. The average Bonchev–Trinajstić information content (AvgIpc) is 2.65. The van der Waals surface area contributed by atoms with Crippen LogP contribution in [0.5, 0.6) is 0 Å². The molecule has 0 saturated carbocycles. The molecular weight excluding hydrogens is 182 g/mol. The van der Waals surface area contributed by atoms with E-state index in [4.69, 9.17) is 5.73 Å². The number of nitrogens with zero attached hydrogens (tertiary/aromatic N) is 1. The van der Waals surface area contributed by atoms with Crippen molar-refractivity contribution in [1.82, 2.24) is 10.2 Å². The van der Waals surface area contributed by atoms with Crippen LogP contribution in [0, 0.1) is 11.8 Å². The lowest BCUT2D eigenvalue weighted by molar-refractivity contribution is 0.0593. The van der Waals surface area contributed by atoms with Gasteiger partial charge in [-0.05, 0) is 0 Å². The minimum Gasteiger partial charge on any atom is -0.464 e. The zero-order chi connectivity index (χ0) is 10.4. The molecule has 0 radical (unpaired) electrons. The molecule has 14 heavy (non-hydrogen) atoms. The smallest absolute Gasteiger partial charge is 0.357 e. The van der Waals surface area contributed by atoms with Crippen molar-refractivity contribution in [2.45, 2.75) is 6.42 Å². The van der Waals surface area contributed by atoms with E-state index in [1.807, 2.05) is 0 Å². The normalized spacial score (nSPS) is 9.00. The molecule has 3 N–H and O–H groups in total. The standard InChI is InChI=1S/C9H11N3O2/c1-14-9(13)8-7(6-11-12-8)4-2-3-5-10/h6H,3,5,10H2,1H3,(H,11,12). The SMILES string of the molecule is COC(=O)c1[nH]ncc1C#CCCN. The number of hydrogen-bond acceptors (Lipinski definition) is 4. The second kappa shape index (κ2) is 5.04. The summed E-state index contributed by atoms with van der Waals surface area (Å²) in [5.41, 5.74) is 6.08. The van der Waals surface area contributed by atoms with Crippen LogP contribution in [-0.4, -0.2) is 29.8 Å². The molecule has 0 saturated heterocycles. The van der Waals surface area contributed by atoms with Gasteiger partial charge >= 0.3 is 5.97 Å². The number of carbonyl (C=O) groups excluding carboxylic acids is 1. The molecule has 0 spiro atoms. The van der Waals surface area contributed by atoms with Crippen LogP contribution >= 0.6 is 0 Å². The zero-order valence-corrected chi connectivity index (χ0v) is 7.83. The Kier molecular flexibility index (Phi) is 3.70. The van der Waals surface area contributed by atoms with Crippen LogP contribution in [0.2, 0.25) is 0 Å². The van der Waals surface area contributed by atoms with E-state index >= 15 is 0 Å². The molecule has 74 valence electrons. The zero-order valence-electron chi connectivity index (χ0n) is 7.83. The van der Waals surface area contributed by atoms with Gasteiger partial charge in [0.15, 0.2) is 5.69 Å². The number of aromatic amines is 1. The van der Waals surface area contributed by atoms with Gasteiger partial charge in [0.2, 0.25) is 0 Å². The second-order valence-corrected chi connectivity index (χ2v) is 2.49. The first-order valence-electron chi connectivity index (χ1n) is 4.10. The first-order valence-corrected chi connectivity index (χ1v) is 4.10. The van der Waals surface area contributed by atoms with Gasteiger partial charge < -0.3 is 10.5 Å². The number of H-pyrrole nitrogens is 1. The largest absolute Gasteiger partial charge is 0.464 e. The molecule has 1 rings (SSSR count). The molecule has 0 bridgehead atoms. The summed E-state index contributed by atoms with van der Waals surface area (Å²) < 4.78 is 4.54. The van der Waals surface area contributed by atoms with Crippen molar-refractivity contribution in [2.24, 2.45) is 5.73 Å². The van der Waals surface area contributed by atoms with Crippen molar-refractivity contribution < 1.29 is 9.53 Å². The Hall–Kier alpha value is -1.80. The van der Waals surface area contributed by atoms with Crippen molar-refractivity contribution >= 4 is 5.97 Å². The lowest BCUT2D eigenvalue weighted by Crippen LogP contribution is -2.03. The topological polar surface area (TPSA) is 81.0 Å². The number of hydrogen-bond donors (Lipinski definition) is 2. The van der Waals surface area contributed by atoms with Crippen molar-refractivity contribution in [2.75, 3.05) is 13.7 Å². The molecule has 0 aliphatic heterocycles. The van der Waals surface area contributed by atoms with Crippen LogP contribution in [0.25, 0.3) is 0 Å². The molecule has 0 unspecified atom stereocenters. The molecule has 1 aromatic rings. The quantitative estimate of drug-likeness (QED) is 0.507. The average molecular weight is 193 g/mol. The number of nitrogens with one attached hydrogen (secondary N) is 1. The van der Waals surface area contributed by atoms with E-state index in [0.717, 1.165) is 0 Å². The second-order valence-electron chi connectivity index (χ2n) is 2.49. The molecule has 0 aromatic carbocycles. The lowest BCUT2D eigenvalue weighted by atomic mass is 10.2. The summed E-state index contributed by atoms with van der Waals surface area (Å²) in [5, 5.41) is 6.24. The molecule has 1 aromatic heterocycles. The maximum Gasteiger partial charge on any atom is 0.357 e. The van der Waals surface area contributed by atoms with E-state index < -0.39 is 5.97 Å². The van der Waals surface area contributed by atoms with Crippen LogP contribution in [0.4, 0.5) is 0 Å². The highest BCUT2D eigenvalue weighted by molar-refractivity contribution is 5.89. The third-order valence-electron chi connectivity index (χ3n) is 1.52. The maximum absolute atomic E-state index is 11.1. The van der Waals surface area contributed by atoms with Gasteiger partial charge in [-0.1, -0.05) is 11.8 Å². The Labute approximate surface area is 81.6 Å². The third kappa shape index (κ3) is 2.34. The van der Waals surface area contributed by atoms with Gasteiger partial charge in [-0.25, -0.2) is 4.79 Å². The Balaban J connectivity index is 2.84. The van der Waals surface area contributed by atoms with Crippen molar-refractivity contribution in [3.05, 3.63) is 17.5 Å². The van der Waals surface area contributed by atoms with Gasteiger partial charge in [0, 0.05) is 13.0 Å². The first-order chi connectivity index (χ1) is 6.79. The minimum absolute atomic E-state index is 0.275. The fourth-order valence-corrected chi connectivity index (χ4v) is 0.868. The van der Waals surface area contributed by atoms with Crippen molar-refractivity contribution in [3.8, 4) is 11.8 Å². The molecule has 0 aliphatic rings. The van der Waals surface area contributed by atoms with Gasteiger partial charge in [0.25, 0.3) is 0 Å². The Morgan fingerprint density at radius 3 is 3.21 bits per heavy atom. The molecule has 5 heteroatoms. The monoisotopic (exact) mass is 193 g/mol. The molecule has 5 nitrogen and oxygen atoms in total. The van der Waals surface area contributed by atoms with Crippen molar-refractivity contribution in [3.63, 3.8) is 0 Å². The first kappa shape index (κ1) is 10.3. The summed E-state index contributed by atoms with van der Waals surface area (Å²) in [6, 6.07) is 0. The number of aromatic nitrogens is 2. The number of rotatable bonds is 2. The Morgan fingerprint density at radius 2 is 2.57 bits per heavy atom. The van der Waals surface area contributed by atoms with Crippen LogP contribution < -0.4 is 5.73 Å². The van der Waals surface area contributed by atoms with Gasteiger partial charge in [-0.2, -0.15) is 5.10 Å². The summed E-state index contributed by atoms with van der Waals surface area (Å²) in [6.07, 6.45) is 2.07. The van der Waals surface area contributed by atoms with E-state index in [2.05, 4.69) is 26.8 Å². The Morgan fingerprint density at radius 1 is 1.79 bits per heavy atom. The molecule has 0 aliphatic carbocycles. The molecule has 1 heterocycles. The molecule has 0 fully saturated rings. The van der Waals surface area contributed by atoms with E-state index in [-0.39, 0.29) is 5.69 Å². The van der Waals surface area contributed by atoms with E-state index in [1.165, 1.54) is 13.3 Å². The molecule has 0 atom stereocenters. The molecular formula is C9H11N3O2. The number of carbonyl (C=O) groups is 1. The van der Waals surface area contributed by atoms with Gasteiger partial charge in [-0.3, -0.25) is 5.10 Å². The van der Waals surface area contributed by atoms with E-state index in [9.17, 15) is 4.79 Å². The number of ether oxygens (including phenoxy) is 1. The predicted octanol–water partition coefficient (Wildman–Crippen LogP) is -0.103. The summed E-state index contributed by atoms with van der Waals surface area (Å²) in [6.45, 7) is 0.498. The third-order valence-corrected chi connectivity index (χ3v) is 1.52. The highest BCUT2D eigenvalue weighted by Gasteiger charge is 2.11. The highest BCUT2D eigenvalue weighted by atomic mass is 16.5. The maximum atomic E-state index is 11.1. The van der Waals surface area contributed by atoms with E-state index in [1.54, 1.807) is 0 Å². The van der Waals surface area contributed by atoms with Gasteiger partial charge in [0.05, 0.1) is 18.9 Å². The minimum atomic E-state index is -0.473. The fourth-order valence-electron chi connectivity index (χ4n) is 0.868. The highest BCUT2D eigenvalue weighted by Crippen LogP contribution is 2.03. The van der Waals surface area contributed by atoms with Crippen LogP contribution in [0.15, 0.2) is 6.20 Å². The summed E-state index contributed by atoms with van der Waals surface area (Å²) >= 11 is 0. The van der Waals surface area contributed by atoms with Gasteiger partial charge in [-0.15, -0.1) is 0 Å². The summed E-state index contributed by atoms with van der Waals surface area (Å²) in [5.74, 6) is 5.13. The van der Waals surface area contributed by atoms with Gasteiger partial charge in [0.1, 0.15) is 0 Å². The van der Waals surface area contributed by atoms with Crippen LogP contribution in [0.1, 0.15) is 22.5 Å². The van der Waals surface area contributed by atoms with Crippen LogP contribution in [-0.2, 0) is 4.74 Å². The lowest BCUT2D eigenvalue weighted by Gasteiger charge is -1.93. The van der Waals surface area contributed by atoms with E-state index in [0.29, 0.717) is 18.5 Å². The Bertz CT molecular complexity index is 373. The fraction of sp³-hybridized carbons (Fsp3) is 0.333. The predicted molar refractivity (Wildman–Crippen MR) is 50.5 cm³/mol. The summed E-state index contributed by atoms with van der Waals surface area (Å²) in [7, 11) is 1.31. The van der Waals surface area contributed by atoms with Crippen molar-refractivity contribution in [1.29, 1.82) is 0 Å².